The maximum atomic E-state index is 13.2. The molecule has 0 radical (unpaired) electrons. The molecule has 0 amide bonds. The van der Waals surface area contributed by atoms with Crippen molar-refractivity contribution in [2.75, 3.05) is 20.8 Å². The number of carbonyl (C=O) groups excluding carboxylic acids is 2. The maximum absolute atomic E-state index is 13.2. The van der Waals surface area contributed by atoms with Crippen LogP contribution in [-0.2, 0) is 11.2 Å². The third-order valence-electron chi connectivity index (χ3n) is 6.80. The lowest BCUT2D eigenvalue weighted by molar-refractivity contribution is -0.135. The van der Waals surface area contributed by atoms with Crippen LogP contribution in [0.15, 0.2) is 84.9 Å². The largest absolute Gasteiger partial charge is 0.507 e. The van der Waals surface area contributed by atoms with Crippen molar-refractivity contribution in [3.05, 3.63) is 113 Å². The van der Waals surface area contributed by atoms with Gasteiger partial charge in [-0.25, -0.2) is 0 Å². The maximum Gasteiger partial charge on any atom is 0.312 e. The third kappa shape index (κ3) is 5.43. The number of benzene rings is 4. The number of hydrogen-bond donors (Lipinski definition) is 1. The van der Waals surface area contributed by atoms with Crippen LogP contribution < -0.4 is 18.9 Å². The second-order valence-corrected chi connectivity index (χ2v) is 9.16. The van der Waals surface area contributed by atoms with Crippen molar-refractivity contribution in [3.63, 3.8) is 0 Å². The van der Waals surface area contributed by atoms with E-state index in [9.17, 15) is 14.7 Å². The molecule has 0 aromatic heterocycles. The molecule has 1 N–H and O–H groups in total. The van der Waals surface area contributed by atoms with Gasteiger partial charge in [-0.2, -0.15) is 0 Å². The predicted molar refractivity (Wildman–Crippen MR) is 145 cm³/mol. The number of fused-ring (bicyclic) bond motifs is 1. The molecule has 198 valence electrons. The van der Waals surface area contributed by atoms with Crippen LogP contribution in [0.2, 0.25) is 0 Å². The van der Waals surface area contributed by atoms with E-state index in [1.807, 2.05) is 42.5 Å². The fourth-order valence-corrected chi connectivity index (χ4v) is 4.75. The molecule has 1 aliphatic heterocycles. The van der Waals surface area contributed by atoms with E-state index < -0.39 is 11.9 Å². The number of hydrogen-bond acceptors (Lipinski definition) is 7. The first kappa shape index (κ1) is 25.9. The van der Waals surface area contributed by atoms with Gasteiger partial charge in [-0.05, 0) is 47.5 Å². The van der Waals surface area contributed by atoms with Crippen LogP contribution in [0.4, 0.5) is 0 Å². The van der Waals surface area contributed by atoms with Crippen LogP contribution in [-0.4, -0.2) is 37.7 Å². The molecule has 0 bridgehead atoms. The van der Waals surface area contributed by atoms with Crippen molar-refractivity contribution in [2.24, 2.45) is 0 Å². The van der Waals surface area contributed by atoms with E-state index in [1.54, 1.807) is 50.6 Å². The van der Waals surface area contributed by atoms with Gasteiger partial charge >= 0.3 is 5.97 Å². The zero-order valence-corrected chi connectivity index (χ0v) is 21.7. The lowest BCUT2D eigenvalue weighted by Gasteiger charge is -2.27. The Hall–Kier alpha value is -4.78. The topological polar surface area (TPSA) is 91.3 Å². The summed E-state index contributed by atoms with van der Waals surface area (Å²) >= 11 is 0. The van der Waals surface area contributed by atoms with Gasteiger partial charge in [-0.3, -0.25) is 9.59 Å². The summed E-state index contributed by atoms with van der Waals surface area (Å²) in [6, 6.07) is 25.0. The van der Waals surface area contributed by atoms with Gasteiger partial charge in [0.2, 0.25) is 0 Å². The number of ether oxygens (including phenoxy) is 4. The average molecular weight is 525 g/mol. The first-order valence-corrected chi connectivity index (χ1v) is 12.6. The van der Waals surface area contributed by atoms with E-state index in [2.05, 4.69) is 0 Å². The number of phenolic OH excluding ortho intramolecular Hbond substituents is 1. The summed E-state index contributed by atoms with van der Waals surface area (Å²) in [6.45, 7) is 0.399. The molecule has 7 nitrogen and oxygen atoms in total. The van der Waals surface area contributed by atoms with Gasteiger partial charge in [0.15, 0.2) is 17.3 Å². The SMILES string of the molecule is COc1ccc(CCOc2cc(C3CC(=O)Oc4ccc(C(=O)c5ccccc5)c(O)c43)ccc2OC)cc1. The summed E-state index contributed by atoms with van der Waals surface area (Å²) in [6.07, 6.45) is 0.670. The Morgan fingerprint density at radius 3 is 2.41 bits per heavy atom. The number of carbonyl (C=O) groups is 2. The van der Waals surface area contributed by atoms with Crippen molar-refractivity contribution < 1.29 is 33.6 Å². The Bertz CT molecular complexity index is 1490. The molecule has 1 atom stereocenters. The quantitative estimate of drug-likeness (QED) is 0.171. The van der Waals surface area contributed by atoms with Crippen LogP contribution in [0, 0.1) is 0 Å². The summed E-state index contributed by atoms with van der Waals surface area (Å²) in [5.74, 6) is 0.601. The summed E-state index contributed by atoms with van der Waals surface area (Å²) in [5, 5.41) is 11.3. The average Bonchev–Trinajstić information content (AvgIpc) is 2.97. The first-order valence-electron chi connectivity index (χ1n) is 12.6. The van der Waals surface area contributed by atoms with Crippen molar-refractivity contribution in [1.82, 2.24) is 0 Å². The normalized spacial score (nSPS) is 14.2. The Morgan fingerprint density at radius 2 is 1.69 bits per heavy atom. The molecule has 7 heteroatoms. The molecule has 1 unspecified atom stereocenters. The second kappa shape index (κ2) is 11.3. The van der Waals surface area contributed by atoms with E-state index in [1.165, 1.54) is 6.07 Å². The van der Waals surface area contributed by atoms with Gasteiger partial charge < -0.3 is 24.1 Å². The van der Waals surface area contributed by atoms with Crippen LogP contribution in [0.25, 0.3) is 0 Å². The van der Waals surface area contributed by atoms with Gasteiger partial charge in [-0.1, -0.05) is 48.5 Å². The summed E-state index contributed by atoms with van der Waals surface area (Å²) < 4.78 is 22.2. The smallest absolute Gasteiger partial charge is 0.312 e. The number of phenols is 1. The monoisotopic (exact) mass is 524 g/mol. The van der Waals surface area contributed by atoms with Gasteiger partial charge in [0.1, 0.15) is 17.2 Å². The minimum absolute atomic E-state index is 0.00115. The number of ketones is 1. The Balaban J connectivity index is 1.44. The summed E-state index contributed by atoms with van der Waals surface area (Å²) in [4.78, 5) is 25.7. The summed E-state index contributed by atoms with van der Waals surface area (Å²) in [7, 11) is 3.19. The van der Waals surface area contributed by atoms with E-state index in [0.29, 0.717) is 35.7 Å². The van der Waals surface area contributed by atoms with E-state index in [-0.39, 0.29) is 29.3 Å². The molecule has 0 saturated carbocycles. The van der Waals surface area contributed by atoms with E-state index in [0.717, 1.165) is 16.9 Å². The fourth-order valence-electron chi connectivity index (χ4n) is 4.75. The van der Waals surface area contributed by atoms with Gasteiger partial charge in [-0.15, -0.1) is 0 Å². The van der Waals surface area contributed by atoms with Crippen LogP contribution in [0.3, 0.4) is 0 Å². The van der Waals surface area contributed by atoms with Crippen molar-refractivity contribution in [1.29, 1.82) is 0 Å². The first-order chi connectivity index (χ1) is 19.0. The Kier molecular flexibility index (Phi) is 7.50. The second-order valence-electron chi connectivity index (χ2n) is 9.16. The molecule has 1 heterocycles. The van der Waals surface area contributed by atoms with E-state index in [4.69, 9.17) is 18.9 Å². The lowest BCUT2D eigenvalue weighted by atomic mass is 9.84. The molecule has 0 fully saturated rings. The standard InChI is InChI=1S/C32H28O7/c1-36-23-11-8-20(9-12-23)16-17-38-28-18-22(10-14-26(28)37-2)25-19-29(33)39-27-15-13-24(32(35)30(25)27)31(34)21-6-4-3-5-7-21/h3-15,18,25,35H,16-17,19H2,1-2H3. The molecule has 0 aliphatic carbocycles. The van der Waals surface area contributed by atoms with Gasteiger partial charge in [0, 0.05) is 23.5 Å². The van der Waals surface area contributed by atoms with Crippen LogP contribution >= 0.6 is 0 Å². The highest BCUT2D eigenvalue weighted by Gasteiger charge is 2.34. The molecule has 0 saturated heterocycles. The fraction of sp³-hybridized carbons (Fsp3) is 0.188. The van der Waals surface area contributed by atoms with Crippen LogP contribution in [0.5, 0.6) is 28.7 Å². The molecule has 5 rings (SSSR count). The van der Waals surface area contributed by atoms with Crippen molar-refractivity contribution in [3.8, 4) is 28.7 Å². The number of esters is 1. The molecule has 39 heavy (non-hydrogen) atoms. The van der Waals surface area contributed by atoms with E-state index >= 15 is 0 Å². The molecular weight excluding hydrogens is 496 g/mol. The molecule has 4 aromatic rings. The lowest BCUT2D eigenvalue weighted by Crippen LogP contribution is -2.22. The third-order valence-corrected chi connectivity index (χ3v) is 6.80. The zero-order valence-electron chi connectivity index (χ0n) is 21.7. The van der Waals surface area contributed by atoms with Crippen molar-refractivity contribution in [2.45, 2.75) is 18.8 Å². The molecular formula is C32H28O7. The Labute approximate surface area is 226 Å². The van der Waals surface area contributed by atoms with Crippen molar-refractivity contribution >= 4 is 11.8 Å². The minimum Gasteiger partial charge on any atom is -0.507 e. The summed E-state index contributed by atoms with van der Waals surface area (Å²) in [5.41, 5.74) is 2.82. The Morgan fingerprint density at radius 1 is 0.923 bits per heavy atom. The number of rotatable bonds is 9. The van der Waals surface area contributed by atoms with Gasteiger partial charge in [0.05, 0.1) is 32.8 Å². The number of methoxy groups -OCH3 is 2. The van der Waals surface area contributed by atoms with Gasteiger partial charge in [0.25, 0.3) is 0 Å². The molecule has 0 spiro atoms. The predicted octanol–water partition coefficient (Wildman–Crippen LogP) is 5.70. The van der Waals surface area contributed by atoms with Crippen LogP contribution in [0.1, 0.15) is 45.0 Å². The zero-order chi connectivity index (χ0) is 27.4. The minimum atomic E-state index is -0.542. The molecule has 4 aromatic carbocycles. The highest BCUT2D eigenvalue weighted by Crippen LogP contribution is 2.46. The number of aromatic hydroxyl groups is 1. The highest BCUT2D eigenvalue weighted by atomic mass is 16.5. The highest BCUT2D eigenvalue weighted by molar-refractivity contribution is 6.11. The molecule has 1 aliphatic rings.